The highest BCUT2D eigenvalue weighted by Gasteiger charge is 2.34. The van der Waals surface area contributed by atoms with Gasteiger partial charge in [0, 0.05) is 32.1 Å². The third kappa shape index (κ3) is 3.11. The van der Waals surface area contributed by atoms with Crippen LogP contribution in [0.4, 0.5) is 0 Å². The summed E-state index contributed by atoms with van der Waals surface area (Å²) < 4.78 is 17.6. The van der Waals surface area contributed by atoms with Gasteiger partial charge in [0.2, 0.25) is 5.78 Å². The van der Waals surface area contributed by atoms with Gasteiger partial charge in [-0.1, -0.05) is 6.07 Å². The van der Waals surface area contributed by atoms with Crippen LogP contribution in [0.3, 0.4) is 0 Å². The number of pyridine rings is 1. The van der Waals surface area contributed by atoms with Crippen LogP contribution in [0, 0.1) is 0 Å². The molecular formula is C21H20N2O4. The zero-order chi connectivity index (χ0) is 18.2. The van der Waals surface area contributed by atoms with Gasteiger partial charge < -0.3 is 14.2 Å². The summed E-state index contributed by atoms with van der Waals surface area (Å²) in [5.74, 6) is 1.62. The molecule has 6 heteroatoms. The minimum atomic E-state index is -0.104. The van der Waals surface area contributed by atoms with Gasteiger partial charge in [0.05, 0.1) is 17.2 Å². The zero-order valence-corrected chi connectivity index (χ0v) is 14.9. The maximum Gasteiger partial charge on any atom is 0.231 e. The Morgan fingerprint density at radius 2 is 2.26 bits per heavy atom. The Balaban J connectivity index is 1.42. The topological polar surface area (TPSA) is 60.9 Å². The number of Topliss-reactive ketones (excluding diaryl/α,β-unsaturated/α-hetero) is 1. The quantitative estimate of drug-likeness (QED) is 0.781. The molecule has 1 aromatic heterocycles. The molecular weight excluding hydrogens is 344 g/mol. The number of hydrogen-bond acceptors (Lipinski definition) is 6. The molecule has 138 valence electrons. The van der Waals surface area contributed by atoms with Gasteiger partial charge in [-0.05, 0) is 42.7 Å². The van der Waals surface area contributed by atoms with Crippen molar-refractivity contribution in [2.75, 3.05) is 19.9 Å². The van der Waals surface area contributed by atoms with E-state index < -0.39 is 0 Å². The van der Waals surface area contributed by atoms with Crippen molar-refractivity contribution in [2.24, 2.45) is 0 Å². The Hall–Kier alpha value is -2.70. The number of ketones is 1. The fourth-order valence-corrected chi connectivity index (χ4v) is 3.81. The summed E-state index contributed by atoms with van der Waals surface area (Å²) in [4.78, 5) is 19.0. The van der Waals surface area contributed by atoms with E-state index in [1.807, 2.05) is 18.2 Å². The molecule has 3 aliphatic heterocycles. The van der Waals surface area contributed by atoms with Crippen LogP contribution >= 0.6 is 0 Å². The molecule has 1 fully saturated rings. The Labute approximate surface area is 157 Å². The van der Waals surface area contributed by atoms with Crippen LogP contribution in [-0.4, -0.2) is 41.7 Å². The molecule has 1 saturated heterocycles. The summed E-state index contributed by atoms with van der Waals surface area (Å²) in [6.45, 7) is 2.88. The number of ether oxygens (including phenoxy) is 3. The molecule has 4 heterocycles. The minimum Gasteiger partial charge on any atom is -0.478 e. The van der Waals surface area contributed by atoms with E-state index in [9.17, 15) is 4.79 Å². The molecule has 0 spiro atoms. The number of benzene rings is 1. The van der Waals surface area contributed by atoms with Gasteiger partial charge in [0.25, 0.3) is 0 Å². The van der Waals surface area contributed by atoms with E-state index in [0.717, 1.165) is 42.9 Å². The van der Waals surface area contributed by atoms with Crippen molar-refractivity contribution in [3.63, 3.8) is 0 Å². The predicted octanol–water partition coefficient (Wildman–Crippen LogP) is 3.03. The highest BCUT2D eigenvalue weighted by Crippen LogP contribution is 2.42. The maximum absolute atomic E-state index is 12.8. The van der Waals surface area contributed by atoms with Crippen LogP contribution in [-0.2, 0) is 11.3 Å². The van der Waals surface area contributed by atoms with E-state index in [0.29, 0.717) is 30.3 Å². The van der Waals surface area contributed by atoms with Crippen molar-refractivity contribution >= 4 is 11.9 Å². The minimum absolute atomic E-state index is 0.104. The van der Waals surface area contributed by atoms with Crippen molar-refractivity contribution in [3.8, 4) is 11.5 Å². The fraction of sp³-hybridized carbons (Fsp3) is 0.333. The number of hydrogen-bond donors (Lipinski definition) is 0. The van der Waals surface area contributed by atoms with E-state index in [-0.39, 0.29) is 11.9 Å². The summed E-state index contributed by atoms with van der Waals surface area (Å²) in [5.41, 5.74) is 2.35. The molecule has 0 N–H and O–H groups in total. The molecule has 0 aliphatic carbocycles. The molecule has 27 heavy (non-hydrogen) atoms. The number of fused-ring (bicyclic) bond motifs is 3. The SMILES string of the molecule is O=C1/C(=C/c2cccnc2)Oc2c1ccc1c2CN(C[C@H]2CCCO2)CO1. The molecule has 0 bridgehead atoms. The van der Waals surface area contributed by atoms with Crippen LogP contribution in [0.5, 0.6) is 11.5 Å². The van der Waals surface area contributed by atoms with Gasteiger partial charge in [0.15, 0.2) is 5.76 Å². The average molecular weight is 364 g/mol. The molecule has 0 radical (unpaired) electrons. The second-order valence-electron chi connectivity index (χ2n) is 7.07. The molecule has 2 aromatic rings. The molecule has 5 rings (SSSR count). The van der Waals surface area contributed by atoms with Crippen molar-refractivity contribution in [3.05, 3.63) is 59.1 Å². The summed E-state index contributed by atoms with van der Waals surface area (Å²) in [5, 5.41) is 0. The first-order chi connectivity index (χ1) is 13.3. The fourth-order valence-electron chi connectivity index (χ4n) is 3.81. The zero-order valence-electron chi connectivity index (χ0n) is 14.9. The maximum atomic E-state index is 12.8. The standard InChI is InChI=1S/C21H20N2O4/c24-20-16-5-6-18-17(12-23(13-26-18)11-15-4-2-8-25-15)21(16)27-19(20)9-14-3-1-7-22-10-14/h1,3,5-7,9-10,15H,2,4,8,11-13H2/b19-9-/t15-/m1/s1. The van der Waals surface area contributed by atoms with Crippen LogP contribution < -0.4 is 9.47 Å². The summed E-state index contributed by atoms with van der Waals surface area (Å²) in [6, 6.07) is 7.38. The Kier molecular flexibility index (Phi) is 4.14. The van der Waals surface area contributed by atoms with Crippen molar-refractivity contribution in [1.82, 2.24) is 9.88 Å². The van der Waals surface area contributed by atoms with Crippen LogP contribution in [0.25, 0.3) is 6.08 Å². The number of allylic oxidation sites excluding steroid dienone is 1. The van der Waals surface area contributed by atoms with Crippen LogP contribution in [0.2, 0.25) is 0 Å². The lowest BCUT2D eigenvalue weighted by Gasteiger charge is -2.31. The average Bonchev–Trinajstić information content (AvgIpc) is 3.31. The Morgan fingerprint density at radius 1 is 1.30 bits per heavy atom. The predicted molar refractivity (Wildman–Crippen MR) is 98.5 cm³/mol. The van der Waals surface area contributed by atoms with Crippen molar-refractivity contribution in [2.45, 2.75) is 25.5 Å². The Morgan fingerprint density at radius 3 is 3.07 bits per heavy atom. The van der Waals surface area contributed by atoms with Gasteiger partial charge in [-0.2, -0.15) is 0 Å². The van der Waals surface area contributed by atoms with E-state index in [1.165, 1.54) is 0 Å². The molecule has 0 amide bonds. The first-order valence-electron chi connectivity index (χ1n) is 9.25. The van der Waals surface area contributed by atoms with Gasteiger partial charge in [0.1, 0.15) is 18.2 Å². The molecule has 0 saturated carbocycles. The molecule has 3 aliphatic rings. The van der Waals surface area contributed by atoms with Gasteiger partial charge in [-0.25, -0.2) is 0 Å². The molecule has 0 unspecified atom stereocenters. The van der Waals surface area contributed by atoms with Gasteiger partial charge in [-0.15, -0.1) is 0 Å². The lowest BCUT2D eigenvalue weighted by atomic mass is 10.0. The van der Waals surface area contributed by atoms with E-state index in [1.54, 1.807) is 24.5 Å². The van der Waals surface area contributed by atoms with E-state index >= 15 is 0 Å². The monoisotopic (exact) mass is 364 g/mol. The summed E-state index contributed by atoms with van der Waals surface area (Å²) >= 11 is 0. The number of aromatic nitrogens is 1. The second-order valence-corrected chi connectivity index (χ2v) is 7.07. The molecule has 6 nitrogen and oxygen atoms in total. The largest absolute Gasteiger partial charge is 0.478 e. The highest BCUT2D eigenvalue weighted by molar-refractivity contribution is 6.15. The van der Waals surface area contributed by atoms with Gasteiger partial charge in [-0.3, -0.25) is 14.7 Å². The van der Waals surface area contributed by atoms with E-state index in [4.69, 9.17) is 14.2 Å². The lowest BCUT2D eigenvalue weighted by Crippen LogP contribution is -2.37. The number of carbonyl (C=O) groups is 1. The molecule has 1 atom stereocenters. The molecule has 1 aromatic carbocycles. The highest BCUT2D eigenvalue weighted by atomic mass is 16.5. The van der Waals surface area contributed by atoms with Crippen molar-refractivity contribution < 1.29 is 19.0 Å². The first kappa shape index (κ1) is 16.5. The first-order valence-corrected chi connectivity index (χ1v) is 9.25. The third-order valence-electron chi connectivity index (χ3n) is 5.15. The number of rotatable bonds is 3. The van der Waals surface area contributed by atoms with Crippen LogP contribution in [0.1, 0.15) is 34.3 Å². The second kappa shape index (κ2) is 6.79. The van der Waals surface area contributed by atoms with Crippen LogP contribution in [0.15, 0.2) is 42.4 Å². The lowest BCUT2D eigenvalue weighted by molar-refractivity contribution is 0.0274. The summed E-state index contributed by atoms with van der Waals surface area (Å²) in [6.07, 6.45) is 7.60. The third-order valence-corrected chi connectivity index (χ3v) is 5.15. The number of carbonyl (C=O) groups excluding carboxylic acids is 1. The van der Waals surface area contributed by atoms with E-state index in [2.05, 4.69) is 9.88 Å². The Bertz CT molecular complexity index is 904. The van der Waals surface area contributed by atoms with Crippen molar-refractivity contribution in [1.29, 1.82) is 0 Å². The number of nitrogens with zero attached hydrogens (tertiary/aromatic N) is 2. The smallest absolute Gasteiger partial charge is 0.231 e. The summed E-state index contributed by atoms with van der Waals surface area (Å²) in [7, 11) is 0. The normalized spacial score (nSPS) is 23.0. The van der Waals surface area contributed by atoms with Gasteiger partial charge >= 0.3 is 0 Å².